The van der Waals surface area contributed by atoms with Crippen molar-refractivity contribution in [3.8, 4) is 0 Å². The summed E-state index contributed by atoms with van der Waals surface area (Å²) in [6, 6.07) is 0. The molecule has 0 aromatic carbocycles. The van der Waals surface area contributed by atoms with Gasteiger partial charge in [-0.2, -0.15) is 39.0 Å². The van der Waals surface area contributed by atoms with E-state index >= 15 is 0 Å². The maximum Gasteiger partial charge on any atom is 1.00 e. The Kier molecular flexibility index (Phi) is 51.2. The van der Waals surface area contributed by atoms with Crippen LogP contribution in [-0.2, 0) is 44.9 Å². The molecule has 0 aliphatic carbocycles. The minimum atomic E-state index is -4.54. The van der Waals surface area contributed by atoms with Crippen LogP contribution in [0.1, 0.15) is 29.5 Å². The second-order valence-corrected chi connectivity index (χ2v) is 15.3. The minimum Gasteiger partial charge on any atom is -1.00 e. The number of ether oxygens (including phenoxy) is 1. The quantitative estimate of drug-likeness (QED) is 0.0556. The molecule has 3 aromatic heterocycles. The Morgan fingerprint density at radius 2 is 1.27 bits per heavy atom. The molecule has 3 aromatic rings. The summed E-state index contributed by atoms with van der Waals surface area (Å²) >= 11 is 23.7. The molecule has 0 amide bonds. The van der Waals surface area contributed by atoms with E-state index in [1.165, 1.54) is 6.42 Å². The summed E-state index contributed by atoms with van der Waals surface area (Å²) in [5.74, 6) is 0. The van der Waals surface area contributed by atoms with Crippen LogP contribution in [0.4, 0.5) is 26.3 Å². The van der Waals surface area contributed by atoms with Gasteiger partial charge in [0, 0.05) is 25.2 Å². The molecule has 0 spiro atoms. The zero-order valence-electron chi connectivity index (χ0n) is 26.3. The van der Waals surface area contributed by atoms with E-state index < -0.39 is 48.9 Å². The van der Waals surface area contributed by atoms with Gasteiger partial charge in [-0.15, -0.1) is 24.0 Å². The van der Waals surface area contributed by atoms with Crippen molar-refractivity contribution in [3.63, 3.8) is 0 Å². The number of aryl methyl sites for hydroxylation is 1. The number of thioether (sulfide) groups is 2. The fraction of sp³-hybridized carbons (Fsp3) is 0.409. The van der Waals surface area contributed by atoms with Crippen LogP contribution in [0.3, 0.4) is 0 Å². The van der Waals surface area contributed by atoms with Crippen LogP contribution < -0.4 is 105 Å². The molecular weight excluding hydrogens is 1260 g/mol. The van der Waals surface area contributed by atoms with E-state index in [-0.39, 0.29) is 139 Å². The number of alkyl halides is 6. The molecule has 0 bridgehead atoms. The fourth-order valence-electron chi connectivity index (χ4n) is 2.09. The van der Waals surface area contributed by atoms with Gasteiger partial charge in [-0.25, -0.2) is 36.5 Å². The molecule has 1 fully saturated rings. The van der Waals surface area contributed by atoms with E-state index in [9.17, 15) is 26.3 Å². The monoisotopic (exact) mass is 1280 g/mol. The molecule has 268 valence electrons. The van der Waals surface area contributed by atoms with Crippen molar-refractivity contribution in [2.45, 2.75) is 42.4 Å². The Balaban J connectivity index is -0.000000120. The zero-order chi connectivity index (χ0) is 35.2. The molecular formula is C22H23Cl5F6I3KN6NaOS3Zn-. The molecule has 7 nitrogen and oxygen atoms in total. The summed E-state index contributed by atoms with van der Waals surface area (Å²) in [7, 11) is 9.90. The van der Waals surface area contributed by atoms with Gasteiger partial charge in [0.1, 0.15) is 25.1 Å². The summed E-state index contributed by atoms with van der Waals surface area (Å²) in [5.41, 5.74) is -0.959. The van der Waals surface area contributed by atoms with Crippen molar-refractivity contribution in [1.29, 1.82) is 0 Å². The van der Waals surface area contributed by atoms with Gasteiger partial charge in [-0.1, -0.05) is 53.1 Å². The molecule has 0 saturated carbocycles. The first kappa shape index (κ1) is 65.6. The first-order valence-corrected chi connectivity index (χ1v) is 24.7. The van der Waals surface area contributed by atoms with Crippen LogP contribution in [-0.4, -0.2) is 55.3 Å². The molecule has 49 heavy (non-hydrogen) atoms. The van der Waals surface area contributed by atoms with E-state index in [1.54, 1.807) is 24.3 Å². The summed E-state index contributed by atoms with van der Waals surface area (Å²) in [6.45, 7) is 4.81. The largest absolute Gasteiger partial charge is 1.00 e. The van der Waals surface area contributed by atoms with E-state index in [1.807, 2.05) is 26.0 Å². The molecule has 0 atom stereocenters. The van der Waals surface area contributed by atoms with Crippen LogP contribution in [0.15, 0.2) is 28.9 Å². The maximum absolute atomic E-state index is 12.1. The second kappa shape index (κ2) is 38.3. The molecule has 0 radical (unpaired) electrons. The van der Waals surface area contributed by atoms with Crippen molar-refractivity contribution < 1.29 is 151 Å². The molecule has 0 unspecified atom stereocenters. The average Bonchev–Trinajstić information content (AvgIpc) is 3.56. The summed E-state index contributed by atoms with van der Waals surface area (Å²) < 4.78 is 78.1. The van der Waals surface area contributed by atoms with Crippen molar-refractivity contribution in [2.24, 2.45) is 0 Å². The Hall–Kier alpha value is 4.73. The van der Waals surface area contributed by atoms with Crippen LogP contribution in [0.2, 0.25) is 15.6 Å². The summed E-state index contributed by atoms with van der Waals surface area (Å²) in [6.07, 6.45) is 1.62. The van der Waals surface area contributed by atoms with E-state index in [2.05, 4.69) is 65.1 Å². The SMILES string of the molecule is CSc1ncc(C(F)(F)F)c(Cl)n1.CSc1ncc(C)c(I)n1.C[S-].FC(F)(F)c1cnc(Cl)nc1Cl.I.[CH-]1CCCO1.[Cl][Zn][Cl].[I-].[K+].[Na+]. The Labute approximate surface area is 438 Å². The smallest absolute Gasteiger partial charge is 1.00 e. The third-order valence-electron chi connectivity index (χ3n) is 4.00. The van der Waals surface area contributed by atoms with Crippen molar-refractivity contribution >= 4 is 137 Å². The average molecular weight is 1280 g/mol. The van der Waals surface area contributed by atoms with Gasteiger partial charge < -0.3 is 41.3 Å². The van der Waals surface area contributed by atoms with Gasteiger partial charge in [0.15, 0.2) is 10.3 Å². The predicted octanol–water partition coefficient (Wildman–Crippen LogP) is 1.91. The van der Waals surface area contributed by atoms with Crippen molar-refractivity contribution in [2.75, 3.05) is 25.4 Å². The van der Waals surface area contributed by atoms with Crippen molar-refractivity contribution in [3.05, 3.63) is 61.2 Å². The first-order valence-electron chi connectivity index (χ1n) is 11.4. The molecule has 1 saturated heterocycles. The van der Waals surface area contributed by atoms with Gasteiger partial charge in [-0.3, -0.25) is 0 Å². The summed E-state index contributed by atoms with van der Waals surface area (Å²) in [4.78, 5) is 21.6. The van der Waals surface area contributed by atoms with Crippen LogP contribution in [0.25, 0.3) is 0 Å². The fourth-order valence-corrected chi connectivity index (χ4v) is 4.00. The molecule has 27 heteroatoms. The summed E-state index contributed by atoms with van der Waals surface area (Å²) in [5, 5.41) is -0.504. The van der Waals surface area contributed by atoms with E-state index in [0.29, 0.717) is 12.4 Å². The standard InChI is InChI=1S/C6H4ClF3N2S.C6H7IN2S.C5HCl2F3N2.C4H7O.CH4S.2ClH.2HI.K.Na.Zn/c1-13-5-11-2-3(4(7)12-5)6(8,9)10;1-4-3-8-6(10-2)9-5(4)7;6-3-2(5(8,9)10)1-11-4(7)12-3;1-2-4-5-3-1;1-2;;;;;;;/h2H,1H3;3H,1-2H3;1H;3H,1-2,4H2;2H,1H3;4*1H;;;/q;;;-1;;;;;;2*+1;+2/p-4. The van der Waals surface area contributed by atoms with Gasteiger partial charge in [0.2, 0.25) is 5.28 Å². The van der Waals surface area contributed by atoms with Gasteiger partial charge in [0.05, 0.1) is 0 Å². The number of nitrogens with zero attached hydrogens (tertiary/aromatic N) is 6. The molecule has 4 heterocycles. The minimum absolute atomic E-state index is 0. The van der Waals surface area contributed by atoms with Gasteiger partial charge in [0.25, 0.3) is 0 Å². The molecule has 0 N–H and O–H groups in total. The molecule has 4 rings (SSSR count). The number of halogens is 14. The maximum atomic E-state index is 12.1. The third kappa shape index (κ3) is 32.4. The Morgan fingerprint density at radius 1 is 0.857 bits per heavy atom. The van der Waals surface area contributed by atoms with Crippen molar-refractivity contribution in [1.82, 2.24) is 29.9 Å². The Morgan fingerprint density at radius 3 is 1.57 bits per heavy atom. The molecule has 1 aliphatic rings. The predicted molar refractivity (Wildman–Crippen MR) is 192 cm³/mol. The van der Waals surface area contributed by atoms with Crippen LogP contribution in [0, 0.1) is 17.2 Å². The first-order chi connectivity index (χ1) is 21.0. The number of hydrogen-bond donors (Lipinski definition) is 0. The van der Waals surface area contributed by atoms with E-state index in [0.717, 1.165) is 39.2 Å². The van der Waals surface area contributed by atoms with E-state index in [4.69, 9.17) is 58.9 Å². The van der Waals surface area contributed by atoms with Crippen LogP contribution in [0.5, 0.6) is 0 Å². The van der Waals surface area contributed by atoms with Crippen LogP contribution >= 0.6 is 124 Å². The zero-order valence-corrected chi connectivity index (χ0v) is 47.2. The molecule has 1 aliphatic heterocycles. The third-order valence-corrected chi connectivity index (χ3v) is 6.97. The number of rotatable bonds is 2. The normalized spacial score (nSPS) is 10.8. The number of aromatic nitrogens is 6. The second-order valence-electron chi connectivity index (χ2n) is 7.01. The van der Waals surface area contributed by atoms with Gasteiger partial charge in [-0.05, 0) is 59.2 Å². The Bertz CT molecular complexity index is 1280. The number of hydrogen-bond acceptors (Lipinski definition) is 10. The topological polar surface area (TPSA) is 86.6 Å². The van der Waals surface area contributed by atoms with Gasteiger partial charge >= 0.3 is 128 Å².